The second-order valence-electron chi connectivity index (χ2n) is 8.63. The quantitative estimate of drug-likeness (QED) is 0.0720. The lowest BCUT2D eigenvalue weighted by Gasteiger charge is -2.23. The molecule has 3 atom stereocenters. The van der Waals surface area contributed by atoms with Crippen molar-refractivity contribution in [3.05, 3.63) is 55.1 Å². The summed E-state index contributed by atoms with van der Waals surface area (Å²) in [6.45, 7) is 9.16. The van der Waals surface area contributed by atoms with Crippen LogP contribution in [-0.2, 0) is 30.3 Å². The number of benzene rings is 1. The fourth-order valence-corrected chi connectivity index (χ4v) is 3.67. The van der Waals surface area contributed by atoms with Crippen LogP contribution in [0.2, 0.25) is 0 Å². The number of esters is 1. The van der Waals surface area contributed by atoms with E-state index in [2.05, 4.69) is 28.8 Å². The lowest BCUT2D eigenvalue weighted by molar-refractivity contribution is -0.145. The number of hydrogen-bond donors (Lipinski definition) is 4. The molecule has 0 heterocycles. The van der Waals surface area contributed by atoms with E-state index in [1.165, 1.54) is 20.1 Å². The summed E-state index contributed by atoms with van der Waals surface area (Å²) in [4.78, 5) is 54.3. The van der Waals surface area contributed by atoms with Crippen molar-refractivity contribution >= 4 is 29.5 Å². The van der Waals surface area contributed by atoms with Gasteiger partial charge in [-0.1, -0.05) is 30.9 Å². The number of guanidine groups is 1. The van der Waals surface area contributed by atoms with Gasteiger partial charge in [0.25, 0.3) is 0 Å². The van der Waals surface area contributed by atoms with Crippen molar-refractivity contribution in [3.8, 4) is 5.75 Å². The fraction of sp³-hybridized carbons (Fsp3) is 0.444. The third kappa shape index (κ3) is 12.2. The topological polar surface area (TPSA) is 175 Å². The van der Waals surface area contributed by atoms with Gasteiger partial charge in [-0.3, -0.25) is 19.4 Å². The molecular formula is C27H39N5O6. The van der Waals surface area contributed by atoms with Gasteiger partial charge >= 0.3 is 5.97 Å². The van der Waals surface area contributed by atoms with Crippen LogP contribution in [0.1, 0.15) is 38.2 Å². The molecule has 0 bridgehead atoms. The summed E-state index contributed by atoms with van der Waals surface area (Å²) in [5.41, 5.74) is 11.5. The molecule has 0 saturated carbocycles. The van der Waals surface area contributed by atoms with Crippen molar-refractivity contribution in [3.63, 3.8) is 0 Å². The number of aliphatic imine (C=N–C) groups is 1. The Morgan fingerprint density at radius 2 is 1.74 bits per heavy atom. The van der Waals surface area contributed by atoms with E-state index in [0.29, 0.717) is 18.8 Å². The minimum atomic E-state index is -0.937. The second kappa shape index (κ2) is 17.3. The Bertz CT molecular complexity index is 988. The number of nitrogens with one attached hydrogen (secondary N) is 2. The van der Waals surface area contributed by atoms with Crippen molar-refractivity contribution in [1.29, 1.82) is 0 Å². The van der Waals surface area contributed by atoms with E-state index < -0.39 is 29.9 Å². The molecule has 0 spiro atoms. The number of amides is 2. The Morgan fingerprint density at radius 1 is 1.05 bits per heavy atom. The van der Waals surface area contributed by atoms with Gasteiger partial charge in [0.1, 0.15) is 18.4 Å². The van der Waals surface area contributed by atoms with Crippen LogP contribution in [0.25, 0.3) is 0 Å². The predicted molar refractivity (Wildman–Crippen MR) is 145 cm³/mol. The van der Waals surface area contributed by atoms with Crippen LogP contribution in [0.4, 0.5) is 0 Å². The first-order valence-electron chi connectivity index (χ1n) is 12.3. The number of methoxy groups -OCH3 is 1. The molecule has 11 heteroatoms. The first-order chi connectivity index (χ1) is 18.1. The maximum absolute atomic E-state index is 13.3. The smallest absolute Gasteiger partial charge is 0.328 e. The van der Waals surface area contributed by atoms with Crippen LogP contribution in [0.3, 0.4) is 0 Å². The molecule has 6 N–H and O–H groups in total. The van der Waals surface area contributed by atoms with Crippen molar-refractivity contribution in [2.75, 3.05) is 20.3 Å². The number of rotatable bonds is 18. The van der Waals surface area contributed by atoms with Gasteiger partial charge in [0.05, 0.1) is 13.2 Å². The van der Waals surface area contributed by atoms with Crippen LogP contribution in [0.15, 0.2) is 54.6 Å². The van der Waals surface area contributed by atoms with Crippen molar-refractivity contribution in [2.24, 2.45) is 22.4 Å². The van der Waals surface area contributed by atoms with E-state index in [-0.39, 0.29) is 49.9 Å². The molecule has 0 aliphatic rings. The molecule has 1 rings (SSSR count). The van der Waals surface area contributed by atoms with Crippen molar-refractivity contribution in [2.45, 2.75) is 51.1 Å². The Labute approximate surface area is 223 Å². The molecule has 38 heavy (non-hydrogen) atoms. The molecule has 0 aromatic heterocycles. The molecule has 0 fully saturated rings. The zero-order valence-electron chi connectivity index (χ0n) is 22.1. The van der Waals surface area contributed by atoms with Gasteiger partial charge in [0.2, 0.25) is 11.8 Å². The lowest BCUT2D eigenvalue weighted by atomic mass is 9.90. The van der Waals surface area contributed by atoms with Gasteiger partial charge in [-0.2, -0.15) is 0 Å². The van der Waals surface area contributed by atoms with Crippen LogP contribution < -0.4 is 26.8 Å². The first-order valence-corrected chi connectivity index (χ1v) is 12.3. The largest absolute Gasteiger partial charge is 0.490 e. The van der Waals surface area contributed by atoms with E-state index in [1.54, 1.807) is 30.3 Å². The summed E-state index contributed by atoms with van der Waals surface area (Å²) in [7, 11) is 1.22. The Hall–Kier alpha value is -4.15. The molecule has 0 unspecified atom stereocenters. The number of ether oxygens (including phenoxy) is 2. The number of ketones is 1. The minimum absolute atomic E-state index is 0.0783. The zero-order valence-corrected chi connectivity index (χ0v) is 22.1. The summed E-state index contributed by atoms with van der Waals surface area (Å²) < 4.78 is 10.2. The van der Waals surface area contributed by atoms with E-state index in [0.717, 1.165) is 5.56 Å². The lowest BCUT2D eigenvalue weighted by Crippen LogP contribution is -2.46. The average molecular weight is 530 g/mol. The first kappa shape index (κ1) is 31.9. The number of nitrogens with zero attached hydrogens (tertiary/aromatic N) is 1. The molecular weight excluding hydrogens is 490 g/mol. The molecule has 0 aliphatic heterocycles. The van der Waals surface area contributed by atoms with E-state index in [9.17, 15) is 19.2 Å². The van der Waals surface area contributed by atoms with Crippen molar-refractivity contribution < 1.29 is 28.7 Å². The monoisotopic (exact) mass is 529 g/mol. The number of Topliss-reactive ketones (excluding diaryl/α,β-unsaturated/α-hetero) is 1. The normalized spacial score (nSPS) is 12.7. The maximum Gasteiger partial charge on any atom is 0.328 e. The summed E-state index contributed by atoms with van der Waals surface area (Å²) in [6, 6.07) is 5.34. The number of carbonyl (C=O) groups is 4. The van der Waals surface area contributed by atoms with Crippen molar-refractivity contribution in [1.82, 2.24) is 10.6 Å². The van der Waals surface area contributed by atoms with Gasteiger partial charge in [0.15, 0.2) is 11.7 Å². The number of hydrogen-bond acceptors (Lipinski definition) is 7. The second-order valence-corrected chi connectivity index (χ2v) is 8.63. The van der Waals surface area contributed by atoms with E-state index >= 15 is 0 Å². The highest BCUT2D eigenvalue weighted by Crippen LogP contribution is 2.18. The predicted octanol–water partition coefficient (Wildman–Crippen LogP) is 1.16. The summed E-state index contributed by atoms with van der Waals surface area (Å²) in [6.07, 6.45) is 4.04. The summed E-state index contributed by atoms with van der Waals surface area (Å²) >= 11 is 0. The van der Waals surface area contributed by atoms with Gasteiger partial charge < -0.3 is 31.6 Å². The average Bonchev–Trinajstić information content (AvgIpc) is 2.88. The Kier molecular flexibility index (Phi) is 14.5. The molecule has 11 nitrogen and oxygen atoms in total. The van der Waals surface area contributed by atoms with Gasteiger partial charge in [0, 0.05) is 25.8 Å². The Morgan fingerprint density at radius 3 is 2.29 bits per heavy atom. The molecule has 0 aliphatic carbocycles. The highest BCUT2D eigenvalue weighted by molar-refractivity contribution is 5.93. The highest BCUT2D eigenvalue weighted by atomic mass is 16.5. The standard InChI is InChI=1S/C27H39N5O6/c1-5-8-22(26(36)37-4)32-25(35)20(9-7-14-30-27(28)29)17-24(34)23(31-18(3)33)16-19-10-12-21(13-11-19)38-15-6-2/h5-6,10-13,20,22-23H,1-2,7-9,14-17H2,3-4H3,(H,31,33)(H,32,35)(H4,28,29,30)/t20-,22-,23+/m1/s1. The third-order valence-electron chi connectivity index (χ3n) is 5.53. The summed E-state index contributed by atoms with van der Waals surface area (Å²) in [5.74, 6) is -2.04. The van der Waals surface area contributed by atoms with Crippen LogP contribution in [0, 0.1) is 5.92 Å². The van der Waals surface area contributed by atoms with Crippen LogP contribution in [0.5, 0.6) is 5.75 Å². The van der Waals surface area contributed by atoms with Crippen LogP contribution in [-0.4, -0.2) is 61.9 Å². The van der Waals surface area contributed by atoms with Crippen LogP contribution >= 0.6 is 0 Å². The number of nitrogens with two attached hydrogens (primary N) is 2. The molecule has 2 amide bonds. The van der Waals surface area contributed by atoms with Gasteiger partial charge in [-0.15, -0.1) is 6.58 Å². The third-order valence-corrected chi connectivity index (χ3v) is 5.53. The molecule has 0 saturated heterocycles. The molecule has 1 aromatic rings. The fourth-order valence-electron chi connectivity index (χ4n) is 3.67. The van der Waals surface area contributed by atoms with E-state index in [4.69, 9.17) is 20.9 Å². The molecule has 0 radical (unpaired) electrons. The highest BCUT2D eigenvalue weighted by Gasteiger charge is 2.30. The maximum atomic E-state index is 13.3. The number of carbonyl (C=O) groups excluding carboxylic acids is 4. The minimum Gasteiger partial charge on any atom is -0.490 e. The molecule has 208 valence electrons. The van der Waals surface area contributed by atoms with E-state index in [1.807, 2.05) is 0 Å². The summed E-state index contributed by atoms with van der Waals surface area (Å²) in [5, 5.41) is 5.33. The van der Waals surface area contributed by atoms with Gasteiger partial charge in [-0.05, 0) is 43.4 Å². The molecule has 1 aromatic carbocycles. The van der Waals surface area contributed by atoms with Gasteiger partial charge in [-0.25, -0.2) is 4.79 Å². The Balaban J connectivity index is 3.06. The SMILES string of the molecule is C=CCOc1ccc(C[C@H](NC(C)=O)C(=O)C[C@@H](CCCN=C(N)N)C(=O)N[C@H](CC=C)C(=O)OC)cc1. The zero-order chi connectivity index (χ0) is 28.5.